The van der Waals surface area contributed by atoms with E-state index in [1.807, 2.05) is 0 Å². The van der Waals surface area contributed by atoms with E-state index in [1.54, 1.807) is 0 Å². The van der Waals surface area contributed by atoms with Crippen LogP contribution in [-0.2, 0) is 0 Å². The van der Waals surface area contributed by atoms with Gasteiger partial charge in [0.25, 0.3) is 0 Å². The number of halogens is 1. The highest BCUT2D eigenvalue weighted by Gasteiger charge is 1.91. The summed E-state index contributed by atoms with van der Waals surface area (Å²) in [4.78, 5) is 0. The average molecular weight is 213 g/mol. The Hall–Kier alpha value is 0.690. The monoisotopic (exact) mass is 213 g/mol. The summed E-state index contributed by atoms with van der Waals surface area (Å²) < 4.78 is 1.20. The standard InChI is InChI=1S/C5H12IN/c1-3-7-5(2)4-6/h5,7H,3-4H2,1-2H3/t5-/m0/s1. The van der Waals surface area contributed by atoms with Crippen LogP contribution in [0.3, 0.4) is 0 Å². The van der Waals surface area contributed by atoms with Crippen molar-refractivity contribution in [2.75, 3.05) is 11.0 Å². The third-order valence-corrected chi connectivity index (χ3v) is 2.11. The van der Waals surface area contributed by atoms with Gasteiger partial charge in [0.1, 0.15) is 0 Å². The van der Waals surface area contributed by atoms with E-state index in [4.69, 9.17) is 0 Å². The van der Waals surface area contributed by atoms with Crippen LogP contribution in [0.25, 0.3) is 0 Å². The Kier molecular flexibility index (Phi) is 5.32. The first-order valence-corrected chi connectivity index (χ1v) is 4.13. The van der Waals surface area contributed by atoms with Crippen LogP contribution >= 0.6 is 22.6 Å². The summed E-state index contributed by atoms with van der Waals surface area (Å²) in [5, 5.41) is 3.29. The molecule has 0 heterocycles. The van der Waals surface area contributed by atoms with Crippen molar-refractivity contribution < 1.29 is 0 Å². The van der Waals surface area contributed by atoms with Crippen molar-refractivity contribution in [3.05, 3.63) is 0 Å². The topological polar surface area (TPSA) is 12.0 Å². The van der Waals surface area contributed by atoms with E-state index in [9.17, 15) is 0 Å². The molecule has 1 nitrogen and oxygen atoms in total. The second kappa shape index (κ2) is 4.84. The predicted octanol–water partition coefficient (Wildman–Crippen LogP) is 1.42. The summed E-state index contributed by atoms with van der Waals surface area (Å²) in [6.45, 7) is 5.41. The van der Waals surface area contributed by atoms with Crippen molar-refractivity contribution in [1.82, 2.24) is 5.32 Å². The zero-order valence-electron chi connectivity index (χ0n) is 4.87. The summed E-state index contributed by atoms with van der Waals surface area (Å²) in [5.41, 5.74) is 0. The molecule has 1 N–H and O–H groups in total. The normalized spacial score (nSPS) is 14.1. The minimum absolute atomic E-state index is 0.686. The van der Waals surface area contributed by atoms with E-state index in [1.165, 1.54) is 4.43 Å². The maximum Gasteiger partial charge on any atom is 0.0147 e. The Labute approximate surface area is 59.0 Å². The lowest BCUT2D eigenvalue weighted by Gasteiger charge is -2.05. The molecule has 0 aliphatic carbocycles. The highest BCUT2D eigenvalue weighted by Crippen LogP contribution is 1.87. The zero-order chi connectivity index (χ0) is 5.70. The molecule has 7 heavy (non-hydrogen) atoms. The largest absolute Gasteiger partial charge is 0.314 e. The first-order chi connectivity index (χ1) is 3.31. The van der Waals surface area contributed by atoms with Crippen LogP contribution in [0.2, 0.25) is 0 Å². The molecule has 0 aromatic rings. The molecular formula is C5H12IN. The van der Waals surface area contributed by atoms with Crippen molar-refractivity contribution in [2.45, 2.75) is 19.9 Å². The van der Waals surface area contributed by atoms with E-state index in [2.05, 4.69) is 41.8 Å². The Balaban J connectivity index is 2.83. The van der Waals surface area contributed by atoms with Gasteiger partial charge in [-0.05, 0) is 13.5 Å². The van der Waals surface area contributed by atoms with E-state index in [0.717, 1.165) is 6.54 Å². The van der Waals surface area contributed by atoms with Gasteiger partial charge in [0.05, 0.1) is 0 Å². The molecule has 0 saturated heterocycles. The summed E-state index contributed by atoms with van der Waals surface area (Å²) in [7, 11) is 0. The smallest absolute Gasteiger partial charge is 0.0147 e. The fourth-order valence-corrected chi connectivity index (χ4v) is 0.714. The lowest BCUT2D eigenvalue weighted by Crippen LogP contribution is -2.26. The average Bonchev–Trinajstić information content (AvgIpc) is 1.68. The van der Waals surface area contributed by atoms with Gasteiger partial charge in [-0.3, -0.25) is 0 Å². The molecule has 0 aromatic carbocycles. The minimum Gasteiger partial charge on any atom is -0.314 e. The second-order valence-corrected chi connectivity index (χ2v) is 2.49. The SMILES string of the molecule is CCN[C@@H](C)CI. The highest BCUT2D eigenvalue weighted by molar-refractivity contribution is 14.1. The molecule has 44 valence electrons. The molecular weight excluding hydrogens is 201 g/mol. The molecule has 0 spiro atoms. The molecule has 1 atom stereocenters. The van der Waals surface area contributed by atoms with Crippen molar-refractivity contribution in [3.63, 3.8) is 0 Å². The van der Waals surface area contributed by atoms with E-state index in [0.29, 0.717) is 6.04 Å². The maximum atomic E-state index is 3.29. The van der Waals surface area contributed by atoms with Gasteiger partial charge in [0, 0.05) is 10.5 Å². The van der Waals surface area contributed by atoms with Crippen LogP contribution in [0, 0.1) is 0 Å². The first kappa shape index (κ1) is 7.69. The predicted molar refractivity (Wildman–Crippen MR) is 42.0 cm³/mol. The van der Waals surface area contributed by atoms with Crippen molar-refractivity contribution in [2.24, 2.45) is 0 Å². The van der Waals surface area contributed by atoms with E-state index >= 15 is 0 Å². The number of alkyl halides is 1. The third-order valence-electron chi connectivity index (χ3n) is 0.784. The number of nitrogens with one attached hydrogen (secondary N) is 1. The lowest BCUT2D eigenvalue weighted by atomic mass is 10.4. The third kappa shape index (κ3) is 4.55. The number of hydrogen-bond donors (Lipinski definition) is 1. The van der Waals surface area contributed by atoms with Gasteiger partial charge in [-0.15, -0.1) is 0 Å². The number of rotatable bonds is 3. The molecule has 0 fully saturated rings. The molecule has 0 unspecified atom stereocenters. The van der Waals surface area contributed by atoms with Gasteiger partial charge in [0.15, 0.2) is 0 Å². The molecule has 0 rings (SSSR count). The molecule has 0 bridgehead atoms. The van der Waals surface area contributed by atoms with Crippen LogP contribution in [0.5, 0.6) is 0 Å². The van der Waals surface area contributed by atoms with Crippen molar-refractivity contribution in [3.8, 4) is 0 Å². The fourth-order valence-electron chi connectivity index (χ4n) is 0.403. The van der Waals surface area contributed by atoms with Gasteiger partial charge < -0.3 is 5.32 Å². The Morgan fingerprint density at radius 1 is 1.71 bits per heavy atom. The lowest BCUT2D eigenvalue weighted by molar-refractivity contribution is 0.626. The van der Waals surface area contributed by atoms with Gasteiger partial charge in [-0.25, -0.2) is 0 Å². The molecule has 0 amide bonds. The summed E-state index contributed by atoms with van der Waals surface area (Å²) in [6.07, 6.45) is 0. The zero-order valence-corrected chi connectivity index (χ0v) is 7.03. The first-order valence-electron chi connectivity index (χ1n) is 2.60. The molecule has 2 heteroatoms. The van der Waals surface area contributed by atoms with Crippen molar-refractivity contribution >= 4 is 22.6 Å². The molecule has 0 aliphatic rings. The van der Waals surface area contributed by atoms with E-state index < -0.39 is 0 Å². The van der Waals surface area contributed by atoms with Crippen LogP contribution < -0.4 is 5.32 Å². The van der Waals surface area contributed by atoms with Crippen LogP contribution in [0.4, 0.5) is 0 Å². The van der Waals surface area contributed by atoms with E-state index in [-0.39, 0.29) is 0 Å². The Morgan fingerprint density at radius 2 is 2.29 bits per heavy atom. The van der Waals surface area contributed by atoms with Gasteiger partial charge in [0.2, 0.25) is 0 Å². The van der Waals surface area contributed by atoms with Crippen molar-refractivity contribution in [1.29, 1.82) is 0 Å². The van der Waals surface area contributed by atoms with Gasteiger partial charge >= 0.3 is 0 Å². The molecule has 0 aliphatic heterocycles. The van der Waals surface area contributed by atoms with Crippen LogP contribution in [0.1, 0.15) is 13.8 Å². The molecule has 0 aromatic heterocycles. The van der Waals surface area contributed by atoms with Gasteiger partial charge in [-0.2, -0.15) is 0 Å². The summed E-state index contributed by atoms with van der Waals surface area (Å²) in [5.74, 6) is 0. The second-order valence-electron chi connectivity index (χ2n) is 1.61. The quantitative estimate of drug-likeness (QED) is 0.552. The highest BCUT2D eigenvalue weighted by atomic mass is 127. The summed E-state index contributed by atoms with van der Waals surface area (Å²) >= 11 is 2.37. The summed E-state index contributed by atoms with van der Waals surface area (Å²) in [6, 6.07) is 0.686. The Bertz CT molecular complexity index is 39.1. The fraction of sp³-hybridized carbons (Fsp3) is 1.00. The van der Waals surface area contributed by atoms with Crippen LogP contribution in [-0.4, -0.2) is 17.0 Å². The minimum atomic E-state index is 0.686. The Morgan fingerprint density at radius 3 is 2.43 bits per heavy atom. The molecule has 0 radical (unpaired) electrons. The maximum absolute atomic E-state index is 3.29. The van der Waals surface area contributed by atoms with Crippen LogP contribution in [0.15, 0.2) is 0 Å². The molecule has 0 saturated carbocycles. The van der Waals surface area contributed by atoms with Gasteiger partial charge in [-0.1, -0.05) is 29.5 Å². The number of hydrogen-bond acceptors (Lipinski definition) is 1.